The zero-order valence-electron chi connectivity index (χ0n) is 18.1. The monoisotopic (exact) mass is 446 g/mol. The predicted molar refractivity (Wildman–Crippen MR) is 130 cm³/mol. The molecule has 1 aliphatic rings. The first-order chi connectivity index (χ1) is 15.7. The van der Waals surface area contributed by atoms with Gasteiger partial charge in [-0.3, -0.25) is 9.69 Å². The molecule has 3 heterocycles. The summed E-state index contributed by atoms with van der Waals surface area (Å²) >= 11 is 1.56. The molecule has 1 fully saturated rings. The number of thiophene rings is 1. The van der Waals surface area contributed by atoms with Crippen LogP contribution in [0.4, 0.5) is 5.69 Å². The Bertz CT molecular complexity index is 1260. The normalized spacial score (nSPS) is 14.4. The summed E-state index contributed by atoms with van der Waals surface area (Å²) in [4.78, 5) is 26.9. The predicted octanol–water partition coefficient (Wildman–Crippen LogP) is 4.12. The molecule has 0 saturated carbocycles. The number of H-pyrrole nitrogens is 1. The molecule has 0 amide bonds. The summed E-state index contributed by atoms with van der Waals surface area (Å²) in [5, 5.41) is 0.651. The van der Waals surface area contributed by atoms with Crippen LogP contribution in [0.1, 0.15) is 11.4 Å². The SMILES string of the molecule is CN(Cc1nc2sc(-c3ccccc3)cc2c(=O)[nH]1)Cc1ccccc1N1CCOCC1. The van der Waals surface area contributed by atoms with Crippen molar-refractivity contribution in [3.8, 4) is 10.4 Å². The lowest BCUT2D eigenvalue weighted by Crippen LogP contribution is -2.37. The molecule has 7 heteroatoms. The highest BCUT2D eigenvalue weighted by Gasteiger charge is 2.16. The van der Waals surface area contributed by atoms with Gasteiger partial charge in [-0.05, 0) is 30.3 Å². The number of nitrogens with one attached hydrogen (secondary N) is 1. The van der Waals surface area contributed by atoms with Crippen molar-refractivity contribution in [3.05, 3.63) is 82.4 Å². The number of aromatic nitrogens is 2. The van der Waals surface area contributed by atoms with E-state index in [-0.39, 0.29) is 5.56 Å². The highest BCUT2D eigenvalue weighted by atomic mass is 32.1. The van der Waals surface area contributed by atoms with E-state index in [2.05, 4.69) is 58.2 Å². The number of rotatable bonds is 6. The average Bonchev–Trinajstić information content (AvgIpc) is 3.25. The van der Waals surface area contributed by atoms with Crippen LogP contribution < -0.4 is 10.5 Å². The molecular weight excluding hydrogens is 420 g/mol. The van der Waals surface area contributed by atoms with Crippen molar-refractivity contribution < 1.29 is 4.74 Å². The molecule has 32 heavy (non-hydrogen) atoms. The number of aromatic amines is 1. The third-order valence-corrected chi connectivity index (χ3v) is 6.79. The Balaban J connectivity index is 1.35. The van der Waals surface area contributed by atoms with E-state index in [9.17, 15) is 4.79 Å². The highest BCUT2D eigenvalue weighted by Crippen LogP contribution is 2.31. The van der Waals surface area contributed by atoms with Crippen molar-refractivity contribution in [1.29, 1.82) is 0 Å². The Morgan fingerprint density at radius 3 is 2.62 bits per heavy atom. The van der Waals surface area contributed by atoms with Crippen LogP contribution in [-0.4, -0.2) is 48.2 Å². The lowest BCUT2D eigenvalue weighted by Gasteiger charge is -2.31. The summed E-state index contributed by atoms with van der Waals surface area (Å²) < 4.78 is 5.50. The van der Waals surface area contributed by atoms with Gasteiger partial charge < -0.3 is 14.6 Å². The molecule has 0 radical (unpaired) electrons. The van der Waals surface area contributed by atoms with Gasteiger partial charge in [0.15, 0.2) is 0 Å². The van der Waals surface area contributed by atoms with Gasteiger partial charge in [0.25, 0.3) is 5.56 Å². The number of ether oxygens (including phenoxy) is 1. The van der Waals surface area contributed by atoms with Gasteiger partial charge in [-0.15, -0.1) is 11.3 Å². The Morgan fingerprint density at radius 2 is 1.81 bits per heavy atom. The van der Waals surface area contributed by atoms with Gasteiger partial charge in [0, 0.05) is 30.2 Å². The van der Waals surface area contributed by atoms with Gasteiger partial charge in [0.1, 0.15) is 10.7 Å². The van der Waals surface area contributed by atoms with Crippen molar-refractivity contribution in [3.63, 3.8) is 0 Å². The van der Waals surface area contributed by atoms with Crippen molar-refractivity contribution in [1.82, 2.24) is 14.9 Å². The van der Waals surface area contributed by atoms with E-state index in [0.717, 1.165) is 48.1 Å². The molecule has 1 aliphatic heterocycles. The summed E-state index contributed by atoms with van der Waals surface area (Å²) in [7, 11) is 2.06. The number of hydrogen-bond acceptors (Lipinski definition) is 6. The maximum absolute atomic E-state index is 12.7. The third-order valence-electron chi connectivity index (χ3n) is 5.71. The summed E-state index contributed by atoms with van der Waals surface area (Å²) in [5.41, 5.74) is 3.55. The fourth-order valence-electron chi connectivity index (χ4n) is 4.16. The smallest absolute Gasteiger partial charge is 0.259 e. The third kappa shape index (κ3) is 4.46. The van der Waals surface area contributed by atoms with E-state index >= 15 is 0 Å². The molecule has 6 nitrogen and oxygen atoms in total. The number of fused-ring (bicyclic) bond motifs is 1. The van der Waals surface area contributed by atoms with Gasteiger partial charge in [0.2, 0.25) is 0 Å². The molecule has 164 valence electrons. The minimum Gasteiger partial charge on any atom is -0.378 e. The second kappa shape index (κ2) is 9.24. The Hall–Kier alpha value is -3.00. The number of para-hydroxylation sites is 1. The molecule has 1 N–H and O–H groups in total. The van der Waals surface area contributed by atoms with Crippen LogP contribution in [0.3, 0.4) is 0 Å². The number of hydrogen-bond donors (Lipinski definition) is 1. The fraction of sp³-hybridized carbons (Fsp3) is 0.280. The molecule has 2 aromatic heterocycles. The quantitative estimate of drug-likeness (QED) is 0.483. The minimum absolute atomic E-state index is 0.0782. The lowest BCUT2D eigenvalue weighted by molar-refractivity contribution is 0.122. The average molecular weight is 447 g/mol. The molecule has 4 aromatic rings. The van der Waals surface area contributed by atoms with E-state index < -0.39 is 0 Å². The zero-order chi connectivity index (χ0) is 21.9. The molecule has 0 unspecified atom stereocenters. The highest BCUT2D eigenvalue weighted by molar-refractivity contribution is 7.21. The number of morpholine rings is 1. The first-order valence-electron chi connectivity index (χ1n) is 10.8. The van der Waals surface area contributed by atoms with Crippen LogP contribution >= 0.6 is 11.3 Å². The van der Waals surface area contributed by atoms with Gasteiger partial charge in [0.05, 0.1) is 25.1 Å². The molecule has 5 rings (SSSR count). The second-order valence-electron chi connectivity index (χ2n) is 8.11. The summed E-state index contributed by atoms with van der Waals surface area (Å²) in [6.45, 7) is 4.70. The number of anilines is 1. The largest absolute Gasteiger partial charge is 0.378 e. The molecule has 0 aliphatic carbocycles. The lowest BCUT2D eigenvalue weighted by atomic mass is 10.1. The number of nitrogens with zero attached hydrogens (tertiary/aromatic N) is 3. The molecule has 2 aromatic carbocycles. The van der Waals surface area contributed by atoms with Crippen LogP contribution in [-0.2, 0) is 17.8 Å². The minimum atomic E-state index is -0.0782. The molecular formula is C25H26N4O2S. The van der Waals surface area contributed by atoms with E-state index in [1.54, 1.807) is 11.3 Å². The van der Waals surface area contributed by atoms with Crippen molar-refractivity contribution in [2.24, 2.45) is 0 Å². The molecule has 0 spiro atoms. The van der Waals surface area contributed by atoms with Gasteiger partial charge in [-0.25, -0.2) is 4.98 Å². The van der Waals surface area contributed by atoms with E-state index in [1.807, 2.05) is 24.3 Å². The van der Waals surface area contributed by atoms with Crippen LogP contribution in [0.5, 0.6) is 0 Å². The summed E-state index contributed by atoms with van der Waals surface area (Å²) in [5.74, 6) is 0.690. The van der Waals surface area contributed by atoms with Crippen LogP contribution in [0.25, 0.3) is 20.7 Å². The topological polar surface area (TPSA) is 61.5 Å². The molecule has 1 saturated heterocycles. The molecule has 0 bridgehead atoms. The van der Waals surface area contributed by atoms with Gasteiger partial charge in [-0.2, -0.15) is 0 Å². The van der Waals surface area contributed by atoms with E-state index in [4.69, 9.17) is 9.72 Å². The second-order valence-corrected chi connectivity index (χ2v) is 9.14. The molecule has 0 atom stereocenters. The summed E-state index contributed by atoms with van der Waals surface area (Å²) in [6, 6.07) is 20.6. The van der Waals surface area contributed by atoms with Gasteiger partial charge >= 0.3 is 0 Å². The Kier molecular flexibility index (Phi) is 6.03. The standard InChI is InChI=1S/C25H26N4O2S/c1-28(16-19-9-5-6-10-21(19)29-11-13-31-14-12-29)17-23-26-24(30)20-15-22(32-25(20)27-23)18-7-3-2-4-8-18/h2-10,15H,11-14,16-17H2,1H3,(H,26,27,30). The maximum atomic E-state index is 12.7. The van der Waals surface area contributed by atoms with E-state index in [0.29, 0.717) is 17.8 Å². The fourth-order valence-corrected chi connectivity index (χ4v) is 5.21. The summed E-state index contributed by atoms with van der Waals surface area (Å²) in [6.07, 6.45) is 0. The maximum Gasteiger partial charge on any atom is 0.259 e. The Morgan fingerprint density at radius 1 is 1.06 bits per heavy atom. The van der Waals surface area contributed by atoms with Crippen molar-refractivity contribution in [2.75, 3.05) is 38.3 Å². The van der Waals surface area contributed by atoms with Crippen LogP contribution in [0, 0.1) is 0 Å². The first-order valence-corrected chi connectivity index (χ1v) is 11.7. The Labute approximate surface area is 191 Å². The van der Waals surface area contributed by atoms with Crippen molar-refractivity contribution >= 4 is 27.2 Å². The van der Waals surface area contributed by atoms with Crippen molar-refractivity contribution in [2.45, 2.75) is 13.1 Å². The van der Waals surface area contributed by atoms with Gasteiger partial charge in [-0.1, -0.05) is 48.5 Å². The first kappa shape index (κ1) is 20.9. The van der Waals surface area contributed by atoms with Crippen LogP contribution in [0.15, 0.2) is 65.5 Å². The number of benzene rings is 2. The zero-order valence-corrected chi connectivity index (χ0v) is 18.9. The van der Waals surface area contributed by atoms with Crippen LogP contribution in [0.2, 0.25) is 0 Å². The van der Waals surface area contributed by atoms with E-state index in [1.165, 1.54) is 11.3 Å².